The minimum atomic E-state index is 0.318. The van der Waals surface area contributed by atoms with Crippen LogP contribution < -0.4 is 5.73 Å². The lowest BCUT2D eigenvalue weighted by atomic mass is 10.3. The minimum absolute atomic E-state index is 0.318. The third-order valence-corrected chi connectivity index (χ3v) is 3.19. The summed E-state index contributed by atoms with van der Waals surface area (Å²) in [6.45, 7) is 3.89. The Morgan fingerprint density at radius 2 is 2.33 bits per heavy atom. The van der Waals surface area contributed by atoms with Gasteiger partial charge in [-0.2, -0.15) is 0 Å². The van der Waals surface area contributed by atoms with E-state index in [2.05, 4.69) is 32.8 Å². The van der Waals surface area contributed by atoms with Crippen LogP contribution in [0.5, 0.6) is 0 Å². The quantitative estimate of drug-likeness (QED) is 0.660. The summed E-state index contributed by atoms with van der Waals surface area (Å²) >= 11 is 0. The van der Waals surface area contributed by atoms with E-state index >= 15 is 0 Å². The Morgan fingerprint density at radius 3 is 3.13 bits per heavy atom. The highest BCUT2D eigenvalue weighted by atomic mass is 15.3. The molecule has 1 atom stereocenters. The Labute approximate surface area is 89.4 Å². The molecular formula is C11H16N4. The summed E-state index contributed by atoms with van der Waals surface area (Å²) in [6, 6.07) is 4.55. The van der Waals surface area contributed by atoms with Crippen LogP contribution in [-0.4, -0.2) is 41.0 Å². The molecule has 15 heavy (non-hydrogen) atoms. The molecule has 0 spiro atoms. The number of rotatable bonds is 0. The van der Waals surface area contributed by atoms with Crippen molar-refractivity contribution in [1.29, 1.82) is 0 Å². The Kier molecular flexibility index (Phi) is 2.02. The fraction of sp³-hybridized carbons (Fsp3) is 0.545. The molecule has 0 amide bonds. The van der Waals surface area contributed by atoms with Gasteiger partial charge in [-0.3, -0.25) is 4.99 Å². The van der Waals surface area contributed by atoms with Crippen LogP contribution in [0, 0.1) is 0 Å². The maximum atomic E-state index is 5.92. The summed E-state index contributed by atoms with van der Waals surface area (Å²) in [7, 11) is 0. The zero-order valence-electron chi connectivity index (χ0n) is 8.76. The third kappa shape index (κ3) is 1.45. The van der Waals surface area contributed by atoms with Crippen LogP contribution in [0.2, 0.25) is 0 Å². The van der Waals surface area contributed by atoms with E-state index in [0.717, 1.165) is 38.4 Å². The van der Waals surface area contributed by atoms with Crippen molar-refractivity contribution in [2.45, 2.75) is 19.0 Å². The number of hydrogen-bond donors (Lipinski definition) is 1. The molecule has 1 fully saturated rings. The van der Waals surface area contributed by atoms with Crippen LogP contribution in [0.15, 0.2) is 23.3 Å². The molecule has 1 aromatic heterocycles. The first-order valence-electron chi connectivity index (χ1n) is 5.55. The molecule has 0 saturated carbocycles. The van der Waals surface area contributed by atoms with Crippen LogP contribution >= 0.6 is 0 Å². The van der Waals surface area contributed by atoms with Crippen LogP contribution in [0.25, 0.3) is 0 Å². The van der Waals surface area contributed by atoms with Crippen molar-refractivity contribution < 1.29 is 0 Å². The van der Waals surface area contributed by atoms with Gasteiger partial charge < -0.3 is 15.2 Å². The standard InChI is InChI=1S/C11H16N4/c12-9-3-6-15(8-9)11-10-2-1-5-14(10)7-4-13-11/h1-2,5,9H,3-4,6-8,12H2/t9-/m0/s1. The van der Waals surface area contributed by atoms with E-state index in [-0.39, 0.29) is 0 Å². The van der Waals surface area contributed by atoms with Gasteiger partial charge >= 0.3 is 0 Å². The van der Waals surface area contributed by atoms with Crippen LogP contribution in [0.3, 0.4) is 0 Å². The molecule has 0 aromatic carbocycles. The number of nitrogens with zero attached hydrogens (tertiary/aromatic N) is 3. The predicted molar refractivity (Wildman–Crippen MR) is 60.0 cm³/mol. The van der Waals surface area contributed by atoms with Gasteiger partial charge in [-0.15, -0.1) is 0 Å². The zero-order chi connectivity index (χ0) is 10.3. The first-order chi connectivity index (χ1) is 7.34. The van der Waals surface area contributed by atoms with Gasteiger partial charge in [-0.1, -0.05) is 0 Å². The number of aromatic nitrogens is 1. The van der Waals surface area contributed by atoms with Crippen LogP contribution in [-0.2, 0) is 6.54 Å². The molecule has 4 nitrogen and oxygen atoms in total. The molecular weight excluding hydrogens is 188 g/mol. The molecule has 4 heteroatoms. The molecule has 2 aliphatic heterocycles. The number of amidine groups is 1. The fourth-order valence-corrected chi connectivity index (χ4v) is 2.40. The van der Waals surface area contributed by atoms with Gasteiger partial charge in [-0.05, 0) is 18.6 Å². The highest BCUT2D eigenvalue weighted by Crippen LogP contribution is 2.16. The molecule has 1 saturated heterocycles. The lowest BCUT2D eigenvalue weighted by molar-refractivity contribution is 0.494. The monoisotopic (exact) mass is 204 g/mol. The minimum Gasteiger partial charge on any atom is -0.354 e. The maximum absolute atomic E-state index is 5.92. The van der Waals surface area contributed by atoms with Crippen molar-refractivity contribution in [3.05, 3.63) is 24.0 Å². The number of fused-ring (bicyclic) bond motifs is 1. The smallest absolute Gasteiger partial charge is 0.148 e. The molecule has 0 unspecified atom stereocenters. The van der Waals surface area contributed by atoms with E-state index in [1.807, 2.05) is 0 Å². The molecule has 0 bridgehead atoms. The van der Waals surface area contributed by atoms with E-state index in [9.17, 15) is 0 Å². The molecule has 3 heterocycles. The normalized spacial score (nSPS) is 25.3. The van der Waals surface area contributed by atoms with E-state index < -0.39 is 0 Å². The van der Waals surface area contributed by atoms with Crippen molar-refractivity contribution in [2.24, 2.45) is 10.7 Å². The van der Waals surface area contributed by atoms with Crippen LogP contribution in [0.4, 0.5) is 0 Å². The van der Waals surface area contributed by atoms with Gasteiger partial charge in [-0.25, -0.2) is 0 Å². The molecule has 2 aliphatic rings. The summed E-state index contributed by atoms with van der Waals surface area (Å²) in [4.78, 5) is 6.94. The lowest BCUT2D eigenvalue weighted by Crippen LogP contribution is -2.36. The number of likely N-dealkylation sites (tertiary alicyclic amines) is 1. The summed E-state index contributed by atoms with van der Waals surface area (Å²) in [5.41, 5.74) is 7.17. The summed E-state index contributed by atoms with van der Waals surface area (Å²) < 4.78 is 2.27. The molecule has 0 aliphatic carbocycles. The second kappa shape index (κ2) is 3.38. The van der Waals surface area contributed by atoms with Gasteiger partial charge in [0.1, 0.15) is 5.84 Å². The average Bonchev–Trinajstić information content (AvgIpc) is 2.84. The predicted octanol–water partition coefficient (Wildman–Crippen LogP) is 0.281. The second-order valence-electron chi connectivity index (χ2n) is 4.29. The number of nitrogens with two attached hydrogens (primary N) is 1. The number of aliphatic imine (C=N–C) groups is 1. The molecule has 80 valence electrons. The van der Waals surface area contributed by atoms with E-state index in [0.29, 0.717) is 6.04 Å². The van der Waals surface area contributed by atoms with E-state index in [4.69, 9.17) is 5.73 Å². The van der Waals surface area contributed by atoms with Gasteiger partial charge in [0, 0.05) is 31.9 Å². The molecule has 0 radical (unpaired) electrons. The van der Waals surface area contributed by atoms with Crippen molar-refractivity contribution in [1.82, 2.24) is 9.47 Å². The highest BCUT2D eigenvalue weighted by molar-refractivity contribution is 5.98. The largest absolute Gasteiger partial charge is 0.354 e. The van der Waals surface area contributed by atoms with Gasteiger partial charge in [0.2, 0.25) is 0 Å². The number of hydrogen-bond acceptors (Lipinski definition) is 3. The SMILES string of the molecule is N[C@H]1CCN(C2=NCCn3cccc32)C1. The summed E-state index contributed by atoms with van der Waals surface area (Å²) in [5, 5.41) is 0. The Balaban J connectivity index is 1.90. The lowest BCUT2D eigenvalue weighted by Gasteiger charge is -2.24. The Hall–Kier alpha value is -1.29. The zero-order valence-corrected chi connectivity index (χ0v) is 8.76. The Bertz CT molecular complexity index is 393. The molecule has 2 N–H and O–H groups in total. The van der Waals surface area contributed by atoms with Gasteiger partial charge in [0.15, 0.2) is 0 Å². The third-order valence-electron chi connectivity index (χ3n) is 3.19. The second-order valence-corrected chi connectivity index (χ2v) is 4.29. The topological polar surface area (TPSA) is 46.5 Å². The van der Waals surface area contributed by atoms with Crippen molar-refractivity contribution in [3.63, 3.8) is 0 Å². The highest BCUT2D eigenvalue weighted by Gasteiger charge is 2.25. The van der Waals surface area contributed by atoms with Crippen molar-refractivity contribution in [3.8, 4) is 0 Å². The van der Waals surface area contributed by atoms with Crippen molar-refractivity contribution >= 4 is 5.84 Å². The first kappa shape index (κ1) is 8.97. The summed E-state index contributed by atoms with van der Waals surface area (Å²) in [6.07, 6.45) is 3.21. The first-order valence-corrected chi connectivity index (χ1v) is 5.55. The van der Waals surface area contributed by atoms with E-state index in [1.54, 1.807) is 0 Å². The van der Waals surface area contributed by atoms with Crippen molar-refractivity contribution in [2.75, 3.05) is 19.6 Å². The maximum Gasteiger partial charge on any atom is 0.148 e. The average molecular weight is 204 g/mol. The van der Waals surface area contributed by atoms with Crippen LogP contribution in [0.1, 0.15) is 12.1 Å². The van der Waals surface area contributed by atoms with Gasteiger partial charge in [0.25, 0.3) is 0 Å². The molecule has 1 aromatic rings. The fourth-order valence-electron chi connectivity index (χ4n) is 2.40. The Morgan fingerprint density at radius 1 is 1.40 bits per heavy atom. The van der Waals surface area contributed by atoms with E-state index in [1.165, 1.54) is 5.69 Å². The van der Waals surface area contributed by atoms with Gasteiger partial charge in [0.05, 0.1) is 12.2 Å². The summed E-state index contributed by atoms with van der Waals surface area (Å²) in [5.74, 6) is 1.14. The molecule has 3 rings (SSSR count).